The van der Waals surface area contributed by atoms with Crippen molar-refractivity contribution in [1.29, 1.82) is 0 Å². The van der Waals surface area contributed by atoms with E-state index in [1.807, 2.05) is 0 Å². The molecule has 1 aromatic rings. The van der Waals surface area contributed by atoms with Gasteiger partial charge in [-0.15, -0.1) is 0 Å². The predicted octanol–water partition coefficient (Wildman–Crippen LogP) is 0.397. The zero-order valence-electron chi connectivity index (χ0n) is 11.5. The molecule has 7 heteroatoms. The fourth-order valence-corrected chi connectivity index (χ4v) is 1.60. The van der Waals surface area contributed by atoms with Gasteiger partial charge in [0.15, 0.2) is 0 Å². The second kappa shape index (κ2) is 5.64. The lowest BCUT2D eigenvalue weighted by Gasteiger charge is -2.23. The molecule has 1 heterocycles. The highest BCUT2D eigenvalue weighted by Crippen LogP contribution is 2.27. The molecule has 1 aromatic heterocycles. The summed E-state index contributed by atoms with van der Waals surface area (Å²) < 4.78 is 14.3. The van der Waals surface area contributed by atoms with Crippen LogP contribution in [0.4, 0.5) is 0 Å². The summed E-state index contributed by atoms with van der Waals surface area (Å²) in [7, 11) is 3.81. The number of aryl methyl sites for hydroxylation is 1. The molecule has 0 unspecified atom stereocenters. The van der Waals surface area contributed by atoms with Crippen molar-refractivity contribution >= 4 is 11.9 Å². The van der Waals surface area contributed by atoms with E-state index in [1.54, 1.807) is 6.92 Å². The van der Waals surface area contributed by atoms with Crippen molar-refractivity contribution in [2.24, 2.45) is 0 Å². The van der Waals surface area contributed by atoms with Gasteiger partial charge in [-0.3, -0.25) is 9.59 Å². The van der Waals surface area contributed by atoms with Crippen LogP contribution in [0.1, 0.15) is 18.4 Å². The highest BCUT2D eigenvalue weighted by Gasteiger charge is 2.47. The van der Waals surface area contributed by atoms with E-state index in [2.05, 4.69) is 19.4 Å². The van der Waals surface area contributed by atoms with Gasteiger partial charge in [-0.05, 0) is 13.8 Å². The van der Waals surface area contributed by atoms with E-state index in [4.69, 9.17) is 4.74 Å². The largest absolute Gasteiger partial charge is 0.481 e. The molecule has 0 N–H and O–H groups in total. The van der Waals surface area contributed by atoms with Gasteiger partial charge in [0.25, 0.3) is 0 Å². The number of carbonyl (C=O) groups is 2. The average molecular weight is 268 g/mol. The SMILES string of the molecule is COC(=O)C(C)(C(=O)OC)c1cc(OC)nc(C)n1. The van der Waals surface area contributed by atoms with Crippen LogP contribution in [0.3, 0.4) is 0 Å². The number of esters is 2. The van der Waals surface area contributed by atoms with Crippen LogP contribution in [0.5, 0.6) is 5.88 Å². The zero-order chi connectivity index (χ0) is 14.6. The smallest absolute Gasteiger partial charge is 0.329 e. The lowest BCUT2D eigenvalue weighted by Crippen LogP contribution is -2.43. The maximum Gasteiger partial charge on any atom is 0.329 e. The first-order chi connectivity index (χ1) is 8.89. The number of carbonyl (C=O) groups excluding carboxylic acids is 2. The van der Waals surface area contributed by atoms with E-state index in [-0.39, 0.29) is 11.6 Å². The molecule has 0 amide bonds. The Morgan fingerprint density at radius 3 is 2.05 bits per heavy atom. The second-order valence-corrected chi connectivity index (χ2v) is 3.95. The molecule has 0 aromatic carbocycles. The minimum Gasteiger partial charge on any atom is -0.481 e. The fraction of sp³-hybridized carbons (Fsp3) is 0.500. The third-order valence-electron chi connectivity index (χ3n) is 2.72. The van der Waals surface area contributed by atoms with Gasteiger partial charge in [-0.2, -0.15) is 4.98 Å². The Hall–Kier alpha value is -2.18. The standard InChI is InChI=1S/C12H16N2O5/c1-7-13-8(6-9(14-7)17-3)12(2,10(15)18-4)11(16)19-5/h6H,1-5H3. The normalized spacial score (nSPS) is 10.8. The van der Waals surface area contributed by atoms with E-state index in [0.29, 0.717) is 5.82 Å². The molecule has 0 aliphatic heterocycles. The van der Waals surface area contributed by atoms with Gasteiger partial charge in [0.1, 0.15) is 5.82 Å². The summed E-state index contributed by atoms with van der Waals surface area (Å²) in [6.45, 7) is 3.01. The molecule has 19 heavy (non-hydrogen) atoms. The molecule has 1 rings (SSSR count). The van der Waals surface area contributed by atoms with Gasteiger partial charge < -0.3 is 14.2 Å². The maximum atomic E-state index is 11.9. The molecule has 0 aliphatic carbocycles. The molecule has 0 bridgehead atoms. The highest BCUT2D eigenvalue weighted by atomic mass is 16.5. The summed E-state index contributed by atoms with van der Waals surface area (Å²) in [5, 5.41) is 0. The van der Waals surface area contributed by atoms with E-state index in [1.165, 1.54) is 34.3 Å². The molecular formula is C12H16N2O5. The van der Waals surface area contributed by atoms with Crippen LogP contribution >= 0.6 is 0 Å². The molecular weight excluding hydrogens is 252 g/mol. The Balaban J connectivity index is 3.45. The van der Waals surface area contributed by atoms with Crippen molar-refractivity contribution in [3.05, 3.63) is 17.6 Å². The number of hydrogen-bond donors (Lipinski definition) is 0. The van der Waals surface area contributed by atoms with E-state index < -0.39 is 17.4 Å². The molecule has 0 aliphatic rings. The van der Waals surface area contributed by atoms with Crippen LogP contribution in [0.2, 0.25) is 0 Å². The number of rotatable bonds is 4. The Morgan fingerprint density at radius 2 is 1.63 bits per heavy atom. The third-order valence-corrected chi connectivity index (χ3v) is 2.72. The van der Waals surface area contributed by atoms with Crippen molar-refractivity contribution in [2.45, 2.75) is 19.3 Å². The first-order valence-electron chi connectivity index (χ1n) is 5.47. The van der Waals surface area contributed by atoms with Crippen molar-refractivity contribution in [3.8, 4) is 5.88 Å². The molecule has 0 fully saturated rings. The van der Waals surface area contributed by atoms with Crippen LogP contribution in [0, 0.1) is 6.92 Å². The fourth-order valence-electron chi connectivity index (χ4n) is 1.60. The van der Waals surface area contributed by atoms with Gasteiger partial charge in [0.2, 0.25) is 11.3 Å². The van der Waals surface area contributed by atoms with Crippen molar-refractivity contribution < 1.29 is 23.8 Å². The molecule has 0 saturated carbocycles. The molecule has 7 nitrogen and oxygen atoms in total. The van der Waals surface area contributed by atoms with E-state index >= 15 is 0 Å². The number of hydrogen-bond acceptors (Lipinski definition) is 7. The Morgan fingerprint density at radius 1 is 1.11 bits per heavy atom. The number of methoxy groups -OCH3 is 3. The molecule has 104 valence electrons. The number of ether oxygens (including phenoxy) is 3. The van der Waals surface area contributed by atoms with Gasteiger partial charge >= 0.3 is 11.9 Å². The van der Waals surface area contributed by atoms with Crippen molar-refractivity contribution in [2.75, 3.05) is 21.3 Å². The number of nitrogens with zero attached hydrogens (tertiary/aromatic N) is 2. The van der Waals surface area contributed by atoms with Crippen molar-refractivity contribution in [1.82, 2.24) is 9.97 Å². The van der Waals surface area contributed by atoms with Crippen LogP contribution in [0.15, 0.2) is 6.07 Å². The summed E-state index contributed by atoms with van der Waals surface area (Å²) in [5.74, 6) is -0.908. The maximum absolute atomic E-state index is 11.9. The quantitative estimate of drug-likeness (QED) is 0.576. The first-order valence-corrected chi connectivity index (χ1v) is 5.47. The van der Waals surface area contributed by atoms with E-state index in [9.17, 15) is 9.59 Å². The van der Waals surface area contributed by atoms with Crippen LogP contribution < -0.4 is 4.74 Å². The topological polar surface area (TPSA) is 87.6 Å². The monoisotopic (exact) mass is 268 g/mol. The van der Waals surface area contributed by atoms with Crippen LogP contribution in [-0.2, 0) is 24.5 Å². The van der Waals surface area contributed by atoms with Gasteiger partial charge in [-0.25, -0.2) is 4.98 Å². The molecule has 0 saturated heterocycles. The van der Waals surface area contributed by atoms with Crippen molar-refractivity contribution in [3.63, 3.8) is 0 Å². The summed E-state index contributed by atoms with van der Waals surface area (Å²) in [6, 6.07) is 1.40. The molecule has 0 radical (unpaired) electrons. The predicted molar refractivity (Wildman–Crippen MR) is 64.7 cm³/mol. The summed E-state index contributed by atoms with van der Waals surface area (Å²) >= 11 is 0. The average Bonchev–Trinajstić information content (AvgIpc) is 2.43. The minimum atomic E-state index is -1.66. The Bertz CT molecular complexity index is 485. The summed E-state index contributed by atoms with van der Waals surface area (Å²) in [6.07, 6.45) is 0. The van der Waals surface area contributed by atoms with Gasteiger partial charge in [0.05, 0.1) is 27.0 Å². The second-order valence-electron chi connectivity index (χ2n) is 3.95. The zero-order valence-corrected chi connectivity index (χ0v) is 11.5. The lowest BCUT2D eigenvalue weighted by molar-refractivity contribution is -0.161. The van der Waals surface area contributed by atoms with Gasteiger partial charge in [0, 0.05) is 6.07 Å². The molecule has 0 spiro atoms. The molecule has 0 atom stereocenters. The number of aromatic nitrogens is 2. The van der Waals surface area contributed by atoms with E-state index in [0.717, 1.165) is 0 Å². The Labute approximate surface area is 110 Å². The minimum absolute atomic E-state index is 0.163. The third kappa shape index (κ3) is 2.64. The highest BCUT2D eigenvalue weighted by molar-refractivity contribution is 6.05. The first kappa shape index (κ1) is 14.9. The Kier molecular flexibility index (Phi) is 4.42. The lowest BCUT2D eigenvalue weighted by atomic mass is 9.86. The van der Waals surface area contributed by atoms with Gasteiger partial charge in [-0.1, -0.05) is 0 Å². The van der Waals surface area contributed by atoms with Crippen LogP contribution in [-0.4, -0.2) is 43.2 Å². The van der Waals surface area contributed by atoms with Crippen LogP contribution in [0.25, 0.3) is 0 Å². The summed E-state index contributed by atoms with van der Waals surface area (Å²) in [4.78, 5) is 31.9. The summed E-state index contributed by atoms with van der Waals surface area (Å²) in [5.41, 5.74) is -1.50.